The van der Waals surface area contributed by atoms with Gasteiger partial charge in [0.05, 0.1) is 5.69 Å². The molecule has 0 radical (unpaired) electrons. The Morgan fingerprint density at radius 3 is 2.68 bits per heavy atom. The summed E-state index contributed by atoms with van der Waals surface area (Å²) < 4.78 is 1.77. The van der Waals surface area contributed by atoms with Gasteiger partial charge in [0.1, 0.15) is 5.82 Å². The molecule has 0 aliphatic heterocycles. The zero-order chi connectivity index (χ0) is 15.3. The second-order valence-electron chi connectivity index (χ2n) is 6.02. The molecule has 0 spiro atoms. The third-order valence-corrected chi connectivity index (χ3v) is 4.42. The zero-order valence-electron chi connectivity index (χ0n) is 12.7. The van der Waals surface area contributed by atoms with Gasteiger partial charge in [-0.15, -0.1) is 5.10 Å². The number of rotatable bonds is 3. The molecule has 1 N–H and O–H groups in total. The number of aromatic nitrogens is 4. The average Bonchev–Trinajstić information content (AvgIpc) is 3.14. The summed E-state index contributed by atoms with van der Waals surface area (Å²) in [4.78, 5) is 20.1. The maximum absolute atomic E-state index is 12.5. The van der Waals surface area contributed by atoms with Crippen LogP contribution in [0.3, 0.4) is 0 Å². The summed E-state index contributed by atoms with van der Waals surface area (Å²) in [6.45, 7) is 4.23. The first-order valence-electron chi connectivity index (χ1n) is 7.76. The Balaban J connectivity index is 1.98. The Morgan fingerprint density at radius 2 is 2.05 bits per heavy atom. The summed E-state index contributed by atoms with van der Waals surface area (Å²) in [5, 5.41) is 4.67. The molecule has 0 bridgehead atoms. The second-order valence-corrected chi connectivity index (χ2v) is 6.02. The second kappa shape index (κ2) is 4.80. The van der Waals surface area contributed by atoms with Crippen LogP contribution in [0.2, 0.25) is 0 Å². The fourth-order valence-corrected chi connectivity index (χ4v) is 2.99. The highest BCUT2D eigenvalue weighted by Crippen LogP contribution is 2.46. The van der Waals surface area contributed by atoms with Crippen LogP contribution in [0.15, 0.2) is 35.1 Å². The summed E-state index contributed by atoms with van der Waals surface area (Å²) in [5.41, 5.74) is 2.22. The van der Waals surface area contributed by atoms with Crippen molar-refractivity contribution in [1.29, 1.82) is 0 Å². The van der Waals surface area contributed by atoms with E-state index in [-0.39, 0.29) is 5.56 Å². The van der Waals surface area contributed by atoms with Gasteiger partial charge >= 0.3 is 0 Å². The normalized spacial score (nSPS) is 20.5. The van der Waals surface area contributed by atoms with Gasteiger partial charge in [-0.3, -0.25) is 4.79 Å². The molecule has 2 aromatic heterocycles. The van der Waals surface area contributed by atoms with E-state index >= 15 is 0 Å². The van der Waals surface area contributed by atoms with Crippen LogP contribution in [0.1, 0.15) is 37.7 Å². The highest BCUT2D eigenvalue weighted by molar-refractivity contribution is 5.58. The van der Waals surface area contributed by atoms with Crippen LogP contribution in [-0.4, -0.2) is 19.6 Å². The zero-order valence-corrected chi connectivity index (χ0v) is 12.7. The van der Waals surface area contributed by atoms with Crippen molar-refractivity contribution < 1.29 is 0 Å². The Hall–Kier alpha value is -2.43. The van der Waals surface area contributed by atoms with Gasteiger partial charge in [0.15, 0.2) is 11.3 Å². The predicted molar refractivity (Wildman–Crippen MR) is 84.9 cm³/mol. The molecule has 0 saturated heterocycles. The summed E-state index contributed by atoms with van der Waals surface area (Å²) in [5.74, 6) is 2.57. The van der Waals surface area contributed by atoms with Gasteiger partial charge in [-0.05, 0) is 18.8 Å². The van der Waals surface area contributed by atoms with Crippen molar-refractivity contribution in [3.8, 4) is 11.4 Å². The maximum atomic E-state index is 12.5. The minimum absolute atomic E-state index is 0.113. The number of hydrogen-bond acceptors (Lipinski definition) is 3. The largest absolute Gasteiger partial charge is 0.303 e. The lowest BCUT2D eigenvalue weighted by Crippen LogP contribution is -2.15. The van der Waals surface area contributed by atoms with E-state index in [1.54, 1.807) is 4.52 Å². The molecule has 2 atom stereocenters. The van der Waals surface area contributed by atoms with Gasteiger partial charge in [0.2, 0.25) is 0 Å². The standard InChI is InChI=1S/C17H18N4O/c1-3-13-14-17(22)19-15(11-7-5-4-6-8-11)20-21(14)16(18-13)12-9-10(12)2/h4-8,10,12H,3,9H2,1-2H3,(H,19,20,22). The first kappa shape index (κ1) is 13.2. The van der Waals surface area contributed by atoms with E-state index < -0.39 is 0 Å². The molecule has 1 aliphatic rings. The molecule has 0 amide bonds. The van der Waals surface area contributed by atoms with Crippen LogP contribution >= 0.6 is 0 Å². The SMILES string of the molecule is CCc1nc(C2CC2C)n2nc(-c3ccccc3)[nH]c(=O)c12. The van der Waals surface area contributed by atoms with E-state index in [4.69, 9.17) is 4.98 Å². The third-order valence-electron chi connectivity index (χ3n) is 4.42. The molecule has 5 heteroatoms. The number of benzene rings is 1. The van der Waals surface area contributed by atoms with Crippen LogP contribution in [0.4, 0.5) is 0 Å². The van der Waals surface area contributed by atoms with Crippen LogP contribution < -0.4 is 5.56 Å². The van der Waals surface area contributed by atoms with Gasteiger partial charge < -0.3 is 4.98 Å². The average molecular weight is 294 g/mol. The van der Waals surface area contributed by atoms with E-state index in [9.17, 15) is 4.79 Å². The number of fused-ring (bicyclic) bond motifs is 1. The maximum Gasteiger partial charge on any atom is 0.277 e. The lowest BCUT2D eigenvalue weighted by molar-refractivity contribution is 0.770. The molecule has 1 fully saturated rings. The van der Waals surface area contributed by atoms with Crippen molar-refractivity contribution in [1.82, 2.24) is 19.6 Å². The number of nitrogens with zero attached hydrogens (tertiary/aromatic N) is 3. The van der Waals surface area contributed by atoms with Crippen molar-refractivity contribution in [2.45, 2.75) is 32.6 Å². The Labute approximate surface area is 128 Å². The van der Waals surface area contributed by atoms with Crippen molar-refractivity contribution in [3.05, 3.63) is 52.2 Å². The smallest absolute Gasteiger partial charge is 0.277 e. The van der Waals surface area contributed by atoms with E-state index in [1.165, 1.54) is 0 Å². The van der Waals surface area contributed by atoms with Crippen molar-refractivity contribution >= 4 is 5.52 Å². The number of hydrogen-bond donors (Lipinski definition) is 1. The molecule has 1 aliphatic carbocycles. The lowest BCUT2D eigenvalue weighted by Gasteiger charge is -2.03. The fourth-order valence-electron chi connectivity index (χ4n) is 2.99. The van der Waals surface area contributed by atoms with Crippen LogP contribution in [0.5, 0.6) is 0 Å². The Kier molecular flexibility index (Phi) is 2.89. The fraction of sp³-hybridized carbons (Fsp3) is 0.353. The first-order chi connectivity index (χ1) is 10.7. The first-order valence-corrected chi connectivity index (χ1v) is 7.76. The molecule has 1 aromatic carbocycles. The molecular weight excluding hydrogens is 276 g/mol. The van der Waals surface area contributed by atoms with E-state index in [2.05, 4.69) is 17.0 Å². The highest BCUT2D eigenvalue weighted by atomic mass is 16.1. The van der Waals surface area contributed by atoms with Crippen molar-refractivity contribution in [2.75, 3.05) is 0 Å². The molecule has 2 heterocycles. The topological polar surface area (TPSA) is 63.1 Å². The number of aromatic amines is 1. The minimum Gasteiger partial charge on any atom is -0.303 e. The van der Waals surface area contributed by atoms with Gasteiger partial charge in [-0.25, -0.2) is 9.50 Å². The molecular formula is C17H18N4O. The molecule has 4 rings (SSSR count). The molecule has 3 aromatic rings. The monoisotopic (exact) mass is 294 g/mol. The van der Waals surface area contributed by atoms with E-state index in [0.717, 1.165) is 29.9 Å². The molecule has 1 saturated carbocycles. The Morgan fingerprint density at radius 1 is 1.32 bits per heavy atom. The van der Waals surface area contributed by atoms with Gasteiger partial charge in [0.25, 0.3) is 5.56 Å². The van der Waals surface area contributed by atoms with Gasteiger partial charge in [0, 0.05) is 11.5 Å². The Bertz CT molecular complexity index is 894. The number of imidazole rings is 1. The number of H-pyrrole nitrogens is 1. The lowest BCUT2D eigenvalue weighted by atomic mass is 10.2. The van der Waals surface area contributed by atoms with E-state index in [1.807, 2.05) is 37.3 Å². The summed E-state index contributed by atoms with van der Waals surface area (Å²) >= 11 is 0. The van der Waals surface area contributed by atoms with Crippen molar-refractivity contribution in [2.24, 2.45) is 5.92 Å². The molecule has 22 heavy (non-hydrogen) atoms. The van der Waals surface area contributed by atoms with Crippen LogP contribution in [-0.2, 0) is 6.42 Å². The molecule has 112 valence electrons. The number of nitrogens with one attached hydrogen (secondary N) is 1. The number of aryl methyl sites for hydroxylation is 1. The summed E-state index contributed by atoms with van der Waals surface area (Å²) in [7, 11) is 0. The van der Waals surface area contributed by atoms with Crippen molar-refractivity contribution in [3.63, 3.8) is 0 Å². The quantitative estimate of drug-likeness (QED) is 0.808. The van der Waals surface area contributed by atoms with Gasteiger partial charge in [-0.2, -0.15) is 0 Å². The molecule has 2 unspecified atom stereocenters. The highest BCUT2D eigenvalue weighted by Gasteiger charge is 2.38. The summed E-state index contributed by atoms with van der Waals surface area (Å²) in [6, 6.07) is 9.72. The summed E-state index contributed by atoms with van der Waals surface area (Å²) in [6.07, 6.45) is 1.86. The van der Waals surface area contributed by atoms with E-state index in [0.29, 0.717) is 23.2 Å². The van der Waals surface area contributed by atoms with Crippen LogP contribution in [0.25, 0.3) is 16.9 Å². The predicted octanol–water partition coefficient (Wildman–Crippen LogP) is 2.77. The van der Waals surface area contributed by atoms with Gasteiger partial charge in [-0.1, -0.05) is 44.2 Å². The van der Waals surface area contributed by atoms with Crippen LogP contribution in [0, 0.1) is 5.92 Å². The molecule has 5 nitrogen and oxygen atoms in total. The third kappa shape index (κ3) is 1.96. The minimum atomic E-state index is -0.113.